The van der Waals surface area contributed by atoms with E-state index in [1.54, 1.807) is 0 Å². The smallest absolute Gasteiger partial charge is 0.328 e. The topological polar surface area (TPSA) is 37.3 Å². The molecule has 2 heteroatoms. The number of allylic oxidation sites excluding steroid dienone is 1. The van der Waals surface area contributed by atoms with E-state index in [0.717, 1.165) is 17.6 Å². The van der Waals surface area contributed by atoms with Crippen LogP contribution in [0.15, 0.2) is 36.4 Å². The first-order valence-corrected chi connectivity index (χ1v) is 5.37. The van der Waals surface area contributed by atoms with Crippen molar-refractivity contribution in [2.75, 3.05) is 0 Å². The molecule has 0 aromatic heterocycles. The molecule has 1 rings (SSSR count). The van der Waals surface area contributed by atoms with E-state index in [2.05, 4.69) is 20.8 Å². The lowest BCUT2D eigenvalue weighted by atomic mass is 9.85. The van der Waals surface area contributed by atoms with Crippen LogP contribution < -0.4 is 0 Å². The molecule has 1 aromatic rings. The van der Waals surface area contributed by atoms with Crippen LogP contribution in [0.1, 0.15) is 32.8 Å². The highest BCUT2D eigenvalue weighted by atomic mass is 16.4. The van der Waals surface area contributed by atoms with E-state index in [1.165, 1.54) is 6.08 Å². The van der Waals surface area contributed by atoms with E-state index < -0.39 is 5.97 Å². The van der Waals surface area contributed by atoms with Crippen molar-refractivity contribution in [1.82, 2.24) is 0 Å². The van der Waals surface area contributed by atoms with Crippen LogP contribution in [0.25, 0.3) is 5.57 Å². The summed E-state index contributed by atoms with van der Waals surface area (Å²) in [5, 5.41) is 8.87. The van der Waals surface area contributed by atoms with E-state index in [4.69, 9.17) is 5.11 Å². The van der Waals surface area contributed by atoms with Crippen LogP contribution in [-0.4, -0.2) is 11.1 Å². The number of benzene rings is 1. The Labute approximate surface area is 96.6 Å². The van der Waals surface area contributed by atoms with Crippen molar-refractivity contribution in [3.05, 3.63) is 42.0 Å². The van der Waals surface area contributed by atoms with Crippen LogP contribution in [0.4, 0.5) is 0 Å². The maximum atomic E-state index is 10.8. The molecule has 0 radical (unpaired) electrons. The number of hydrogen-bond donors (Lipinski definition) is 1. The summed E-state index contributed by atoms with van der Waals surface area (Å²) in [6.45, 7) is 6.31. The summed E-state index contributed by atoms with van der Waals surface area (Å²) in [7, 11) is 0. The van der Waals surface area contributed by atoms with E-state index in [0.29, 0.717) is 0 Å². The van der Waals surface area contributed by atoms with Gasteiger partial charge in [-0.3, -0.25) is 0 Å². The summed E-state index contributed by atoms with van der Waals surface area (Å²) >= 11 is 0. The molecule has 2 nitrogen and oxygen atoms in total. The van der Waals surface area contributed by atoms with Gasteiger partial charge in [-0.1, -0.05) is 51.1 Å². The zero-order valence-electron chi connectivity index (χ0n) is 10.0. The van der Waals surface area contributed by atoms with E-state index in [9.17, 15) is 4.79 Å². The Morgan fingerprint density at radius 1 is 1.25 bits per heavy atom. The average molecular weight is 218 g/mol. The minimum atomic E-state index is -0.886. The Balaban J connectivity index is 3.03. The quantitative estimate of drug-likeness (QED) is 0.787. The van der Waals surface area contributed by atoms with Gasteiger partial charge >= 0.3 is 5.97 Å². The summed E-state index contributed by atoms with van der Waals surface area (Å²) in [6.07, 6.45) is 2.06. The number of carboxylic acids is 1. The van der Waals surface area contributed by atoms with Gasteiger partial charge in [-0.25, -0.2) is 4.79 Å². The lowest BCUT2D eigenvalue weighted by Gasteiger charge is -2.20. The van der Waals surface area contributed by atoms with Crippen molar-refractivity contribution in [3.63, 3.8) is 0 Å². The number of aliphatic carboxylic acids is 1. The van der Waals surface area contributed by atoms with E-state index in [1.807, 2.05) is 30.3 Å². The van der Waals surface area contributed by atoms with Crippen LogP contribution in [-0.2, 0) is 4.79 Å². The van der Waals surface area contributed by atoms with Crippen molar-refractivity contribution in [1.29, 1.82) is 0 Å². The molecule has 0 fully saturated rings. The largest absolute Gasteiger partial charge is 0.478 e. The Morgan fingerprint density at radius 2 is 1.81 bits per heavy atom. The van der Waals surface area contributed by atoms with Crippen molar-refractivity contribution in [3.8, 4) is 0 Å². The molecule has 16 heavy (non-hydrogen) atoms. The Kier molecular flexibility index (Phi) is 3.88. The monoisotopic (exact) mass is 218 g/mol. The van der Waals surface area contributed by atoms with Crippen LogP contribution in [0, 0.1) is 5.41 Å². The molecule has 0 unspecified atom stereocenters. The zero-order valence-corrected chi connectivity index (χ0v) is 10.0. The fourth-order valence-electron chi connectivity index (χ4n) is 1.61. The molecular weight excluding hydrogens is 200 g/mol. The van der Waals surface area contributed by atoms with Gasteiger partial charge in [0.2, 0.25) is 0 Å². The second-order valence-electron chi connectivity index (χ2n) is 5.11. The predicted octanol–water partition coefficient (Wildman–Crippen LogP) is 3.59. The van der Waals surface area contributed by atoms with E-state index in [-0.39, 0.29) is 5.41 Å². The molecule has 1 N–H and O–H groups in total. The fraction of sp³-hybridized carbons (Fsp3) is 0.357. The minimum Gasteiger partial charge on any atom is -0.478 e. The third-order valence-electron chi connectivity index (χ3n) is 2.16. The molecule has 0 aliphatic carbocycles. The normalized spacial score (nSPS) is 12.6. The van der Waals surface area contributed by atoms with Gasteiger partial charge in [0.15, 0.2) is 0 Å². The van der Waals surface area contributed by atoms with Gasteiger partial charge in [-0.15, -0.1) is 0 Å². The van der Waals surface area contributed by atoms with Crippen molar-refractivity contribution in [2.45, 2.75) is 27.2 Å². The first-order chi connectivity index (χ1) is 7.38. The van der Waals surface area contributed by atoms with Crippen molar-refractivity contribution < 1.29 is 9.90 Å². The fourth-order valence-corrected chi connectivity index (χ4v) is 1.61. The lowest BCUT2D eigenvalue weighted by molar-refractivity contribution is -0.131. The van der Waals surface area contributed by atoms with Crippen molar-refractivity contribution >= 4 is 11.5 Å². The second-order valence-corrected chi connectivity index (χ2v) is 5.11. The number of carbonyl (C=O) groups is 1. The highest BCUT2D eigenvalue weighted by Crippen LogP contribution is 2.30. The molecule has 1 aromatic carbocycles. The minimum absolute atomic E-state index is 0.0805. The maximum absolute atomic E-state index is 10.8. The molecule has 0 saturated heterocycles. The first kappa shape index (κ1) is 12.5. The molecule has 86 valence electrons. The first-order valence-electron chi connectivity index (χ1n) is 5.37. The molecule has 0 atom stereocenters. The van der Waals surface area contributed by atoms with Crippen LogP contribution in [0.3, 0.4) is 0 Å². The highest BCUT2D eigenvalue weighted by Gasteiger charge is 2.15. The third-order valence-corrected chi connectivity index (χ3v) is 2.16. The molecule has 0 bridgehead atoms. The van der Waals surface area contributed by atoms with Gasteiger partial charge in [0.05, 0.1) is 0 Å². The summed E-state index contributed by atoms with van der Waals surface area (Å²) in [4.78, 5) is 10.8. The van der Waals surface area contributed by atoms with Gasteiger partial charge in [0, 0.05) is 6.08 Å². The van der Waals surface area contributed by atoms with Gasteiger partial charge in [0.25, 0.3) is 0 Å². The SMILES string of the molecule is CC(C)(C)CC(=CC(=O)O)c1ccccc1. The highest BCUT2D eigenvalue weighted by molar-refractivity contribution is 5.90. The van der Waals surface area contributed by atoms with Crippen LogP contribution >= 0.6 is 0 Å². The lowest BCUT2D eigenvalue weighted by Crippen LogP contribution is -2.07. The Hall–Kier alpha value is -1.57. The van der Waals surface area contributed by atoms with Gasteiger partial charge < -0.3 is 5.11 Å². The van der Waals surface area contributed by atoms with E-state index >= 15 is 0 Å². The number of rotatable bonds is 3. The summed E-state index contributed by atoms with van der Waals surface area (Å²) in [5.41, 5.74) is 1.94. The average Bonchev–Trinajstić information content (AvgIpc) is 2.15. The Morgan fingerprint density at radius 3 is 2.25 bits per heavy atom. The maximum Gasteiger partial charge on any atom is 0.328 e. The number of hydrogen-bond acceptors (Lipinski definition) is 1. The molecule has 0 aliphatic heterocycles. The predicted molar refractivity (Wildman–Crippen MR) is 66.1 cm³/mol. The zero-order chi connectivity index (χ0) is 12.2. The summed E-state index contributed by atoms with van der Waals surface area (Å²) in [5.74, 6) is -0.886. The van der Waals surface area contributed by atoms with Gasteiger partial charge in [-0.2, -0.15) is 0 Å². The van der Waals surface area contributed by atoms with Gasteiger partial charge in [0.1, 0.15) is 0 Å². The number of carboxylic acid groups (broad SMARTS) is 1. The molecule has 0 amide bonds. The van der Waals surface area contributed by atoms with Crippen LogP contribution in [0.2, 0.25) is 0 Å². The van der Waals surface area contributed by atoms with Gasteiger partial charge in [-0.05, 0) is 23.0 Å². The standard InChI is InChI=1S/C14H18O2/c1-14(2,3)10-12(9-13(15)16)11-7-5-4-6-8-11/h4-9H,10H2,1-3H3,(H,15,16). The molecule has 0 aliphatic rings. The molecule has 0 spiro atoms. The Bertz CT molecular complexity index is 383. The summed E-state index contributed by atoms with van der Waals surface area (Å²) < 4.78 is 0. The van der Waals surface area contributed by atoms with Crippen LogP contribution in [0.5, 0.6) is 0 Å². The summed E-state index contributed by atoms with van der Waals surface area (Å²) in [6, 6.07) is 9.67. The molecular formula is C14H18O2. The van der Waals surface area contributed by atoms with Crippen molar-refractivity contribution in [2.24, 2.45) is 5.41 Å². The second kappa shape index (κ2) is 4.97. The third kappa shape index (κ3) is 4.30. The molecule has 0 heterocycles. The molecule has 0 saturated carbocycles.